The molecule has 1 rings (SSSR count). The highest BCUT2D eigenvalue weighted by Crippen LogP contribution is 2.11. The normalized spacial score (nSPS) is 14.0. The summed E-state index contributed by atoms with van der Waals surface area (Å²) in [6.07, 6.45) is 2.13. The Kier molecular flexibility index (Phi) is 4.47. The molecule has 1 heterocycles. The number of carboxylic acids is 1. The molecule has 0 aliphatic carbocycles. The summed E-state index contributed by atoms with van der Waals surface area (Å²) in [7, 11) is 1.73. The van der Waals surface area contributed by atoms with Gasteiger partial charge in [0.15, 0.2) is 0 Å². The quantitative estimate of drug-likeness (QED) is 0.818. The van der Waals surface area contributed by atoms with Crippen LogP contribution in [0.15, 0.2) is 6.20 Å². The molecule has 2 atom stereocenters. The van der Waals surface area contributed by atoms with Crippen molar-refractivity contribution in [3.05, 3.63) is 17.5 Å². The number of aromatic nitrogens is 2. The molecule has 100 valence electrons. The second-order valence-corrected chi connectivity index (χ2v) is 4.44. The molecule has 0 unspecified atom stereocenters. The summed E-state index contributed by atoms with van der Waals surface area (Å²) < 4.78 is 1.58. The summed E-state index contributed by atoms with van der Waals surface area (Å²) in [6, 6.07) is -0.873. The number of aliphatic carboxylic acids is 1. The van der Waals surface area contributed by atoms with Gasteiger partial charge >= 0.3 is 5.97 Å². The molecule has 6 heteroatoms. The van der Waals surface area contributed by atoms with Crippen molar-refractivity contribution in [2.45, 2.75) is 33.2 Å². The van der Waals surface area contributed by atoms with Crippen LogP contribution in [0.3, 0.4) is 0 Å². The molecule has 1 aromatic heterocycles. The predicted molar refractivity (Wildman–Crippen MR) is 66.3 cm³/mol. The lowest BCUT2D eigenvalue weighted by Crippen LogP contribution is -2.45. The van der Waals surface area contributed by atoms with E-state index in [9.17, 15) is 9.59 Å². The van der Waals surface area contributed by atoms with Gasteiger partial charge in [-0.2, -0.15) is 5.10 Å². The number of hydrogen-bond acceptors (Lipinski definition) is 3. The Morgan fingerprint density at radius 2 is 2.17 bits per heavy atom. The average molecular weight is 253 g/mol. The van der Waals surface area contributed by atoms with Gasteiger partial charge in [-0.1, -0.05) is 20.3 Å². The van der Waals surface area contributed by atoms with Crippen LogP contribution in [-0.4, -0.2) is 32.8 Å². The number of carbonyl (C=O) groups is 2. The Bertz CT molecular complexity index is 453. The number of amides is 1. The summed E-state index contributed by atoms with van der Waals surface area (Å²) in [4.78, 5) is 23.1. The number of rotatable bonds is 5. The molecule has 1 amide bonds. The largest absolute Gasteiger partial charge is 0.480 e. The van der Waals surface area contributed by atoms with Gasteiger partial charge in [-0.15, -0.1) is 0 Å². The molecule has 0 fully saturated rings. The average Bonchev–Trinajstić information content (AvgIpc) is 2.65. The van der Waals surface area contributed by atoms with E-state index in [1.165, 1.54) is 6.20 Å². The molecule has 0 aromatic carbocycles. The minimum Gasteiger partial charge on any atom is -0.480 e. The van der Waals surface area contributed by atoms with Crippen molar-refractivity contribution in [2.24, 2.45) is 13.0 Å². The number of carbonyl (C=O) groups excluding carboxylic acids is 1. The van der Waals surface area contributed by atoms with E-state index in [1.54, 1.807) is 25.6 Å². The van der Waals surface area contributed by atoms with Gasteiger partial charge in [0.2, 0.25) is 0 Å². The molecule has 18 heavy (non-hydrogen) atoms. The van der Waals surface area contributed by atoms with Crippen LogP contribution in [0, 0.1) is 12.8 Å². The Labute approximate surface area is 106 Å². The van der Waals surface area contributed by atoms with Crippen LogP contribution in [0.5, 0.6) is 0 Å². The first-order valence-corrected chi connectivity index (χ1v) is 5.90. The summed E-state index contributed by atoms with van der Waals surface area (Å²) >= 11 is 0. The third-order valence-electron chi connectivity index (χ3n) is 3.25. The molecule has 2 N–H and O–H groups in total. The third-order valence-corrected chi connectivity index (χ3v) is 3.25. The van der Waals surface area contributed by atoms with Crippen molar-refractivity contribution in [2.75, 3.05) is 0 Å². The molecule has 0 saturated heterocycles. The van der Waals surface area contributed by atoms with E-state index < -0.39 is 17.9 Å². The number of nitrogens with zero attached hydrogens (tertiary/aromatic N) is 2. The molecule has 0 aliphatic heterocycles. The van der Waals surface area contributed by atoms with Crippen molar-refractivity contribution in [3.63, 3.8) is 0 Å². The van der Waals surface area contributed by atoms with Crippen molar-refractivity contribution in [1.82, 2.24) is 15.1 Å². The summed E-state index contributed by atoms with van der Waals surface area (Å²) in [5.74, 6) is -1.53. The van der Waals surface area contributed by atoms with E-state index >= 15 is 0 Å². The van der Waals surface area contributed by atoms with E-state index in [0.29, 0.717) is 17.7 Å². The van der Waals surface area contributed by atoms with Gasteiger partial charge < -0.3 is 10.4 Å². The number of carboxylic acid groups (broad SMARTS) is 1. The smallest absolute Gasteiger partial charge is 0.326 e. The number of nitrogens with one attached hydrogen (secondary N) is 1. The van der Waals surface area contributed by atoms with Crippen LogP contribution in [0.2, 0.25) is 0 Å². The SMILES string of the molecule is CC[C@H](C)[C@H](NC(=O)c1cnn(C)c1C)C(=O)O. The Hall–Kier alpha value is -1.85. The molecule has 1 aromatic rings. The first-order valence-electron chi connectivity index (χ1n) is 5.90. The minimum atomic E-state index is -1.01. The maximum atomic E-state index is 12.0. The zero-order valence-electron chi connectivity index (χ0n) is 11.1. The topological polar surface area (TPSA) is 84.2 Å². The van der Waals surface area contributed by atoms with Crippen LogP contribution in [0.4, 0.5) is 0 Å². The fraction of sp³-hybridized carbons (Fsp3) is 0.583. The first kappa shape index (κ1) is 14.2. The van der Waals surface area contributed by atoms with Gasteiger partial charge in [0.05, 0.1) is 11.8 Å². The van der Waals surface area contributed by atoms with E-state index in [-0.39, 0.29) is 5.92 Å². The lowest BCUT2D eigenvalue weighted by molar-refractivity contribution is -0.140. The van der Waals surface area contributed by atoms with E-state index in [2.05, 4.69) is 10.4 Å². The molecule has 6 nitrogen and oxygen atoms in total. The fourth-order valence-corrected chi connectivity index (χ4v) is 1.62. The maximum Gasteiger partial charge on any atom is 0.326 e. The second-order valence-electron chi connectivity index (χ2n) is 4.44. The highest BCUT2D eigenvalue weighted by atomic mass is 16.4. The number of aryl methyl sites for hydroxylation is 1. The van der Waals surface area contributed by atoms with E-state index in [1.807, 2.05) is 6.92 Å². The van der Waals surface area contributed by atoms with Crippen LogP contribution in [-0.2, 0) is 11.8 Å². The van der Waals surface area contributed by atoms with Gasteiger partial charge in [0.25, 0.3) is 5.91 Å². The summed E-state index contributed by atoms with van der Waals surface area (Å²) in [5.41, 5.74) is 1.12. The molecule has 0 spiro atoms. The van der Waals surface area contributed by atoms with Crippen LogP contribution in [0.1, 0.15) is 36.3 Å². The molecule has 0 saturated carbocycles. The highest BCUT2D eigenvalue weighted by Gasteiger charge is 2.26. The summed E-state index contributed by atoms with van der Waals surface area (Å²) in [6.45, 7) is 5.46. The van der Waals surface area contributed by atoms with Crippen molar-refractivity contribution in [1.29, 1.82) is 0 Å². The zero-order valence-corrected chi connectivity index (χ0v) is 11.1. The Morgan fingerprint density at radius 3 is 2.56 bits per heavy atom. The van der Waals surface area contributed by atoms with Crippen molar-refractivity contribution < 1.29 is 14.7 Å². The van der Waals surface area contributed by atoms with Crippen LogP contribution < -0.4 is 5.32 Å². The predicted octanol–water partition coefficient (Wildman–Crippen LogP) is 0.958. The van der Waals surface area contributed by atoms with Gasteiger partial charge in [0, 0.05) is 12.7 Å². The zero-order chi connectivity index (χ0) is 13.9. The fourth-order valence-electron chi connectivity index (χ4n) is 1.62. The van der Waals surface area contributed by atoms with Gasteiger partial charge in [-0.3, -0.25) is 9.48 Å². The highest BCUT2D eigenvalue weighted by molar-refractivity contribution is 5.97. The lowest BCUT2D eigenvalue weighted by atomic mass is 9.99. The maximum absolute atomic E-state index is 12.0. The molecule has 0 radical (unpaired) electrons. The molecule has 0 aliphatic rings. The van der Waals surface area contributed by atoms with Crippen LogP contribution in [0.25, 0.3) is 0 Å². The van der Waals surface area contributed by atoms with E-state index in [0.717, 1.165) is 0 Å². The van der Waals surface area contributed by atoms with Gasteiger partial charge in [-0.05, 0) is 12.8 Å². The molecule has 0 bridgehead atoms. The Balaban J connectivity index is 2.85. The first-order chi connectivity index (χ1) is 8.38. The second kappa shape index (κ2) is 5.66. The van der Waals surface area contributed by atoms with Gasteiger partial charge in [0.1, 0.15) is 6.04 Å². The minimum absolute atomic E-state index is 0.122. The van der Waals surface area contributed by atoms with Crippen LogP contribution >= 0.6 is 0 Å². The molecular weight excluding hydrogens is 234 g/mol. The standard InChI is InChI=1S/C12H19N3O3/c1-5-7(2)10(12(17)18)14-11(16)9-6-13-15(4)8(9)3/h6-7,10H,5H2,1-4H3,(H,14,16)(H,17,18)/t7-,10-/m0/s1. The Morgan fingerprint density at radius 1 is 1.56 bits per heavy atom. The molecular formula is C12H19N3O3. The monoisotopic (exact) mass is 253 g/mol. The van der Waals surface area contributed by atoms with Crippen molar-refractivity contribution >= 4 is 11.9 Å². The van der Waals surface area contributed by atoms with Crippen molar-refractivity contribution in [3.8, 4) is 0 Å². The number of hydrogen-bond donors (Lipinski definition) is 2. The third kappa shape index (κ3) is 2.88. The summed E-state index contributed by atoms with van der Waals surface area (Å²) in [5, 5.41) is 15.6. The lowest BCUT2D eigenvalue weighted by Gasteiger charge is -2.19. The van der Waals surface area contributed by atoms with E-state index in [4.69, 9.17) is 5.11 Å². The van der Waals surface area contributed by atoms with Gasteiger partial charge in [-0.25, -0.2) is 4.79 Å².